The van der Waals surface area contributed by atoms with Gasteiger partial charge >= 0.3 is 0 Å². The third kappa shape index (κ3) is 4.13. The van der Waals surface area contributed by atoms with E-state index < -0.39 is 0 Å². The van der Waals surface area contributed by atoms with Gasteiger partial charge < -0.3 is 9.13 Å². The van der Waals surface area contributed by atoms with Crippen LogP contribution in [0.3, 0.4) is 0 Å². The van der Waals surface area contributed by atoms with Crippen LogP contribution in [0.4, 0.5) is 0 Å². The summed E-state index contributed by atoms with van der Waals surface area (Å²) in [4.78, 5) is 0. The lowest BCUT2D eigenvalue weighted by atomic mass is 9.96. The standard InChI is InChI=1S/C46H32N2/c1-2-12-31(13-3-1)33-16-10-17-36(28-33)47-43-21-8-6-19-38(43)40-29-34(24-26-45(40)47)35-25-27-46-41(30-35)39-20-7-9-22-44(39)48(46)42-23-11-15-32-14-4-5-18-37(32)42/h1-9,11-15,17-30H,10,16H2. The normalized spacial score (nSPS) is 13.5. The van der Waals surface area contributed by atoms with E-state index in [4.69, 9.17) is 0 Å². The molecule has 0 bridgehead atoms. The largest absolute Gasteiger partial charge is 0.310 e. The maximum atomic E-state index is 2.46. The molecule has 2 heterocycles. The number of rotatable bonds is 4. The van der Waals surface area contributed by atoms with Crippen LogP contribution in [0.15, 0.2) is 170 Å². The molecule has 0 saturated heterocycles. The summed E-state index contributed by atoms with van der Waals surface area (Å²) in [6.07, 6.45) is 6.88. The van der Waals surface area contributed by atoms with Crippen molar-refractivity contribution in [2.45, 2.75) is 12.8 Å². The molecular weight excluding hydrogens is 581 g/mol. The Labute approximate surface area is 279 Å². The molecule has 0 amide bonds. The van der Waals surface area contributed by atoms with Gasteiger partial charge in [-0.05, 0) is 89.0 Å². The summed E-state index contributed by atoms with van der Waals surface area (Å²) in [6.45, 7) is 0. The highest BCUT2D eigenvalue weighted by Gasteiger charge is 2.18. The molecule has 2 heteroatoms. The first-order valence-electron chi connectivity index (χ1n) is 16.8. The average Bonchev–Trinajstić information content (AvgIpc) is 3.67. The third-order valence-electron chi connectivity index (χ3n) is 10.2. The highest BCUT2D eigenvalue weighted by Crippen LogP contribution is 2.40. The summed E-state index contributed by atoms with van der Waals surface area (Å²) in [5.41, 5.74) is 12.6. The zero-order valence-electron chi connectivity index (χ0n) is 26.5. The van der Waals surface area contributed by atoms with E-state index in [0.717, 1.165) is 12.8 Å². The molecule has 0 atom stereocenters. The van der Waals surface area contributed by atoms with Crippen LogP contribution in [0, 0.1) is 0 Å². The first kappa shape index (κ1) is 27.0. The van der Waals surface area contributed by atoms with Crippen molar-refractivity contribution in [2.24, 2.45) is 0 Å². The molecule has 0 spiro atoms. The summed E-state index contributed by atoms with van der Waals surface area (Å²) >= 11 is 0. The fourth-order valence-corrected chi connectivity index (χ4v) is 7.97. The minimum atomic E-state index is 1.04. The predicted octanol–water partition coefficient (Wildman–Crippen LogP) is 12.4. The average molecular weight is 613 g/mol. The zero-order chi connectivity index (χ0) is 31.6. The number of benzene rings is 7. The second kappa shape index (κ2) is 10.7. The number of hydrogen-bond acceptors (Lipinski definition) is 0. The van der Waals surface area contributed by atoms with E-state index in [-0.39, 0.29) is 0 Å². The van der Waals surface area contributed by atoms with Crippen LogP contribution in [0.1, 0.15) is 18.4 Å². The van der Waals surface area contributed by atoms with E-state index in [2.05, 4.69) is 179 Å². The Kier molecular flexibility index (Phi) is 6.04. The highest BCUT2D eigenvalue weighted by atomic mass is 15.0. The van der Waals surface area contributed by atoms with Crippen molar-refractivity contribution in [1.29, 1.82) is 0 Å². The second-order valence-corrected chi connectivity index (χ2v) is 12.9. The van der Waals surface area contributed by atoms with Gasteiger partial charge in [-0.15, -0.1) is 0 Å². The van der Waals surface area contributed by atoms with E-state index >= 15 is 0 Å². The van der Waals surface area contributed by atoms with Crippen LogP contribution in [0.2, 0.25) is 0 Å². The Morgan fingerprint density at radius 3 is 1.69 bits per heavy atom. The number of nitrogens with zero attached hydrogens (tertiary/aromatic N) is 2. The SMILES string of the molecule is C1=C(c2ccccc2)CCC=C1n1c2ccccc2c2cc(-c3ccc4c(c3)c3ccccc3n4-c3cccc4ccccc34)ccc21. The van der Waals surface area contributed by atoms with E-state index in [1.165, 1.54) is 88.0 Å². The quantitative estimate of drug-likeness (QED) is 0.187. The molecule has 0 fully saturated rings. The smallest absolute Gasteiger partial charge is 0.0541 e. The lowest BCUT2D eigenvalue weighted by Crippen LogP contribution is -2.00. The topological polar surface area (TPSA) is 9.86 Å². The Hall–Kier alpha value is -6.12. The van der Waals surface area contributed by atoms with Crippen LogP contribution in [0.25, 0.3) is 82.5 Å². The van der Waals surface area contributed by atoms with Crippen molar-refractivity contribution in [3.8, 4) is 16.8 Å². The number of para-hydroxylation sites is 2. The van der Waals surface area contributed by atoms with E-state index in [1.54, 1.807) is 0 Å². The molecular formula is C46H32N2. The van der Waals surface area contributed by atoms with Crippen molar-refractivity contribution >= 4 is 65.7 Å². The molecule has 226 valence electrons. The van der Waals surface area contributed by atoms with Gasteiger partial charge in [0.1, 0.15) is 0 Å². The number of fused-ring (bicyclic) bond motifs is 7. The van der Waals surface area contributed by atoms with Crippen LogP contribution in [-0.2, 0) is 0 Å². The minimum absolute atomic E-state index is 1.04. The second-order valence-electron chi connectivity index (χ2n) is 12.9. The van der Waals surface area contributed by atoms with Gasteiger partial charge in [-0.25, -0.2) is 0 Å². The van der Waals surface area contributed by atoms with Crippen molar-refractivity contribution in [3.05, 3.63) is 175 Å². The number of allylic oxidation sites excluding steroid dienone is 4. The molecule has 0 unspecified atom stereocenters. The molecule has 2 aromatic heterocycles. The Balaban J connectivity index is 1.14. The van der Waals surface area contributed by atoms with Crippen molar-refractivity contribution in [2.75, 3.05) is 0 Å². The van der Waals surface area contributed by atoms with Crippen molar-refractivity contribution < 1.29 is 0 Å². The molecule has 0 aliphatic heterocycles. The van der Waals surface area contributed by atoms with Gasteiger partial charge in [-0.2, -0.15) is 0 Å². The van der Waals surface area contributed by atoms with E-state index in [1.807, 2.05) is 0 Å². The van der Waals surface area contributed by atoms with Crippen molar-refractivity contribution in [1.82, 2.24) is 9.13 Å². The molecule has 2 nitrogen and oxygen atoms in total. The summed E-state index contributed by atoms with van der Waals surface area (Å²) in [5, 5.41) is 7.61. The Morgan fingerprint density at radius 2 is 0.958 bits per heavy atom. The molecule has 10 rings (SSSR count). The lowest BCUT2D eigenvalue weighted by Gasteiger charge is -2.17. The van der Waals surface area contributed by atoms with Gasteiger partial charge in [-0.1, -0.05) is 121 Å². The first-order chi connectivity index (χ1) is 23.8. The predicted molar refractivity (Wildman–Crippen MR) is 205 cm³/mol. The van der Waals surface area contributed by atoms with Crippen LogP contribution < -0.4 is 0 Å². The van der Waals surface area contributed by atoms with Crippen LogP contribution in [-0.4, -0.2) is 9.13 Å². The van der Waals surface area contributed by atoms with Gasteiger partial charge in [0.2, 0.25) is 0 Å². The summed E-state index contributed by atoms with van der Waals surface area (Å²) < 4.78 is 4.89. The number of aromatic nitrogens is 2. The molecule has 7 aromatic carbocycles. The molecule has 0 radical (unpaired) electrons. The molecule has 0 N–H and O–H groups in total. The van der Waals surface area contributed by atoms with E-state index in [9.17, 15) is 0 Å². The third-order valence-corrected chi connectivity index (χ3v) is 10.2. The maximum Gasteiger partial charge on any atom is 0.0541 e. The number of hydrogen-bond donors (Lipinski definition) is 0. The lowest BCUT2D eigenvalue weighted by molar-refractivity contribution is 1.04. The molecule has 1 aliphatic rings. The van der Waals surface area contributed by atoms with Crippen LogP contribution >= 0.6 is 0 Å². The van der Waals surface area contributed by atoms with Gasteiger partial charge in [0.25, 0.3) is 0 Å². The molecule has 0 saturated carbocycles. The fraction of sp³-hybridized carbons (Fsp3) is 0.0435. The van der Waals surface area contributed by atoms with Gasteiger partial charge in [-0.3, -0.25) is 0 Å². The summed E-state index contributed by atoms with van der Waals surface area (Å²) in [5.74, 6) is 0. The first-order valence-corrected chi connectivity index (χ1v) is 16.8. The van der Waals surface area contributed by atoms with Gasteiger partial charge in [0.15, 0.2) is 0 Å². The van der Waals surface area contributed by atoms with E-state index in [0.29, 0.717) is 0 Å². The van der Waals surface area contributed by atoms with Crippen LogP contribution in [0.5, 0.6) is 0 Å². The Morgan fingerprint density at radius 1 is 0.396 bits per heavy atom. The van der Waals surface area contributed by atoms with Gasteiger partial charge in [0.05, 0.1) is 27.8 Å². The molecule has 9 aromatic rings. The highest BCUT2D eigenvalue weighted by molar-refractivity contribution is 6.14. The summed E-state index contributed by atoms with van der Waals surface area (Å²) in [6, 6.07) is 57.7. The van der Waals surface area contributed by atoms with Crippen molar-refractivity contribution in [3.63, 3.8) is 0 Å². The fourth-order valence-electron chi connectivity index (χ4n) is 7.97. The molecule has 1 aliphatic carbocycles. The molecule has 48 heavy (non-hydrogen) atoms. The maximum absolute atomic E-state index is 2.46. The summed E-state index contributed by atoms with van der Waals surface area (Å²) in [7, 11) is 0. The monoisotopic (exact) mass is 612 g/mol. The van der Waals surface area contributed by atoms with Gasteiger partial charge in [0, 0.05) is 32.6 Å². The zero-order valence-corrected chi connectivity index (χ0v) is 26.5. The Bertz CT molecular complexity index is 2760. The minimum Gasteiger partial charge on any atom is -0.310 e.